The fraction of sp³-hybridized carbons (Fsp3) is 0.500. The van der Waals surface area contributed by atoms with Crippen molar-refractivity contribution in [3.63, 3.8) is 0 Å². The van der Waals surface area contributed by atoms with Crippen LogP contribution in [-0.4, -0.2) is 34.4 Å². The molecule has 1 rings (SSSR count). The lowest BCUT2D eigenvalue weighted by Gasteiger charge is -2.24. The molecule has 2 N–H and O–H groups in total. The summed E-state index contributed by atoms with van der Waals surface area (Å²) in [7, 11) is 0. The number of hydrogen-bond donors (Lipinski definition) is 2. The molecule has 19 heavy (non-hydrogen) atoms. The molecule has 106 valence electrons. The molecule has 0 radical (unpaired) electrons. The van der Waals surface area contributed by atoms with Crippen LogP contribution in [0.4, 0.5) is 5.69 Å². The topological polar surface area (TPSA) is 49.3 Å². The second-order valence-electron chi connectivity index (χ2n) is 4.73. The average molecular weight is 299 g/mol. The molecule has 0 bridgehead atoms. The summed E-state index contributed by atoms with van der Waals surface area (Å²) in [6.45, 7) is 7.02. The molecular weight excluding hydrogens is 278 g/mol. The molecule has 1 aromatic carbocycles. The lowest BCUT2D eigenvalue weighted by molar-refractivity contribution is 0.0694. The summed E-state index contributed by atoms with van der Waals surface area (Å²) in [5, 5.41) is 12.7. The van der Waals surface area contributed by atoms with Gasteiger partial charge in [-0.25, -0.2) is 4.79 Å². The number of carboxylic acids is 1. The summed E-state index contributed by atoms with van der Waals surface area (Å²) >= 11 is 3.32. The minimum absolute atomic E-state index is 0.0731. The van der Waals surface area contributed by atoms with E-state index in [1.165, 1.54) is 0 Å². The minimum atomic E-state index is -0.874. The molecule has 0 aromatic heterocycles. The van der Waals surface area contributed by atoms with Gasteiger partial charge in [0.05, 0.1) is 5.56 Å². The van der Waals surface area contributed by atoms with Crippen molar-refractivity contribution < 1.29 is 9.90 Å². The molecule has 3 nitrogen and oxygen atoms in total. The molecule has 0 heterocycles. The van der Waals surface area contributed by atoms with Crippen molar-refractivity contribution in [1.82, 2.24) is 0 Å². The van der Waals surface area contributed by atoms with Gasteiger partial charge in [0.1, 0.15) is 0 Å². The molecule has 0 saturated heterocycles. The van der Waals surface area contributed by atoms with Crippen molar-refractivity contribution in [3.8, 4) is 0 Å². The highest BCUT2D eigenvalue weighted by atomic mass is 32.2. The predicted molar refractivity (Wildman–Crippen MR) is 85.9 cm³/mol. The van der Waals surface area contributed by atoms with Crippen LogP contribution in [0.1, 0.15) is 31.1 Å². The van der Waals surface area contributed by atoms with Crippen molar-refractivity contribution in [2.75, 3.05) is 23.9 Å². The predicted octanol–water partition coefficient (Wildman–Crippen LogP) is 4.05. The Morgan fingerprint density at radius 2 is 2.11 bits per heavy atom. The monoisotopic (exact) mass is 299 g/mol. The second-order valence-corrected chi connectivity index (χ2v) is 7.55. The zero-order valence-corrected chi connectivity index (χ0v) is 13.5. The van der Waals surface area contributed by atoms with Gasteiger partial charge in [-0.05, 0) is 38.0 Å². The maximum absolute atomic E-state index is 11.5. The Hall–Kier alpha value is -0.810. The number of carboxylic acid groups (broad SMARTS) is 1. The molecule has 0 amide bonds. The fourth-order valence-electron chi connectivity index (χ4n) is 1.56. The van der Waals surface area contributed by atoms with Crippen molar-refractivity contribution in [1.29, 1.82) is 0 Å². The maximum atomic E-state index is 11.5. The smallest absolute Gasteiger partial charge is 0.338 e. The number of rotatable bonds is 7. The highest BCUT2D eigenvalue weighted by Crippen LogP contribution is 2.30. The number of thioether (sulfide) groups is 2. The lowest BCUT2D eigenvalue weighted by Crippen LogP contribution is -2.26. The SMILES string of the molecule is CCSc1cccc(NCC(C)(C)SC)c1C(=O)O. The van der Waals surface area contributed by atoms with Gasteiger partial charge in [-0.3, -0.25) is 0 Å². The Kier molecular flexibility index (Phi) is 6.07. The van der Waals surface area contributed by atoms with Gasteiger partial charge in [0.15, 0.2) is 0 Å². The third-order valence-corrected chi connectivity index (χ3v) is 4.99. The molecule has 0 spiro atoms. The first-order chi connectivity index (χ1) is 8.91. The zero-order chi connectivity index (χ0) is 14.5. The van der Waals surface area contributed by atoms with E-state index < -0.39 is 5.97 Å². The molecular formula is C14H21NO2S2. The Morgan fingerprint density at radius 1 is 1.42 bits per heavy atom. The standard InChI is InChI=1S/C14H21NO2S2/c1-5-19-11-8-6-7-10(12(11)13(16)17)15-9-14(2,3)18-4/h6-8,15H,5,9H2,1-4H3,(H,16,17). The van der Waals surface area contributed by atoms with E-state index in [4.69, 9.17) is 0 Å². The van der Waals surface area contributed by atoms with Crippen LogP contribution >= 0.6 is 23.5 Å². The van der Waals surface area contributed by atoms with Crippen LogP contribution in [0.15, 0.2) is 23.1 Å². The third kappa shape index (κ3) is 4.66. The number of anilines is 1. The lowest BCUT2D eigenvalue weighted by atomic mass is 10.1. The van der Waals surface area contributed by atoms with Crippen LogP contribution in [0.2, 0.25) is 0 Å². The van der Waals surface area contributed by atoms with E-state index >= 15 is 0 Å². The summed E-state index contributed by atoms with van der Waals surface area (Å²) < 4.78 is 0.0731. The average Bonchev–Trinajstić information content (AvgIpc) is 2.36. The fourth-order valence-corrected chi connectivity index (χ4v) is 2.60. The number of benzene rings is 1. The highest BCUT2D eigenvalue weighted by molar-refractivity contribution is 8.00. The summed E-state index contributed by atoms with van der Waals surface area (Å²) in [5.74, 6) is -0.0129. The quantitative estimate of drug-likeness (QED) is 0.744. The van der Waals surface area contributed by atoms with Crippen molar-refractivity contribution in [2.24, 2.45) is 0 Å². The van der Waals surface area contributed by atoms with Gasteiger partial charge in [-0.1, -0.05) is 13.0 Å². The van der Waals surface area contributed by atoms with Crippen LogP contribution < -0.4 is 5.32 Å². The molecule has 1 aromatic rings. The van der Waals surface area contributed by atoms with E-state index in [9.17, 15) is 9.90 Å². The van der Waals surface area contributed by atoms with Gasteiger partial charge in [0, 0.05) is 21.9 Å². The van der Waals surface area contributed by atoms with Crippen LogP contribution in [0.3, 0.4) is 0 Å². The van der Waals surface area contributed by atoms with E-state index in [1.807, 2.05) is 25.1 Å². The molecule has 0 aliphatic heterocycles. The normalized spacial score (nSPS) is 11.4. The number of hydrogen-bond acceptors (Lipinski definition) is 4. The summed E-state index contributed by atoms with van der Waals surface area (Å²) in [6.07, 6.45) is 2.06. The van der Waals surface area contributed by atoms with Gasteiger partial charge in [-0.2, -0.15) is 11.8 Å². The highest BCUT2D eigenvalue weighted by Gasteiger charge is 2.19. The van der Waals surface area contributed by atoms with E-state index in [0.717, 1.165) is 17.2 Å². The van der Waals surface area contributed by atoms with Crippen LogP contribution in [0, 0.1) is 0 Å². The molecule has 0 atom stereocenters. The van der Waals surface area contributed by atoms with E-state index in [1.54, 1.807) is 23.5 Å². The molecule has 0 aliphatic carbocycles. The first kappa shape index (κ1) is 16.2. The first-order valence-corrected chi connectivity index (χ1v) is 8.40. The van der Waals surface area contributed by atoms with Crippen LogP contribution in [-0.2, 0) is 0 Å². The minimum Gasteiger partial charge on any atom is -0.478 e. The summed E-state index contributed by atoms with van der Waals surface area (Å²) in [4.78, 5) is 12.3. The second kappa shape index (κ2) is 7.10. The van der Waals surface area contributed by atoms with Gasteiger partial charge >= 0.3 is 5.97 Å². The van der Waals surface area contributed by atoms with Gasteiger partial charge in [-0.15, -0.1) is 11.8 Å². The van der Waals surface area contributed by atoms with Crippen molar-refractivity contribution in [2.45, 2.75) is 30.4 Å². The number of nitrogens with one attached hydrogen (secondary N) is 1. The molecule has 0 unspecified atom stereocenters. The zero-order valence-electron chi connectivity index (χ0n) is 11.8. The Labute approximate surface area is 123 Å². The van der Waals surface area contributed by atoms with Crippen LogP contribution in [0.25, 0.3) is 0 Å². The Bertz CT molecular complexity index is 447. The maximum Gasteiger partial charge on any atom is 0.338 e. The summed E-state index contributed by atoms with van der Waals surface area (Å²) in [5.41, 5.74) is 1.08. The van der Waals surface area contributed by atoms with Gasteiger partial charge < -0.3 is 10.4 Å². The summed E-state index contributed by atoms with van der Waals surface area (Å²) in [6, 6.07) is 5.60. The number of aromatic carboxylic acids is 1. The van der Waals surface area contributed by atoms with Gasteiger partial charge in [0.25, 0.3) is 0 Å². The first-order valence-electron chi connectivity index (χ1n) is 6.19. The third-order valence-electron chi connectivity index (χ3n) is 2.80. The van der Waals surface area contributed by atoms with Crippen molar-refractivity contribution >= 4 is 35.2 Å². The Morgan fingerprint density at radius 3 is 2.63 bits per heavy atom. The Balaban J connectivity index is 3.00. The van der Waals surface area contributed by atoms with Crippen LogP contribution in [0.5, 0.6) is 0 Å². The largest absolute Gasteiger partial charge is 0.478 e. The molecule has 5 heteroatoms. The van der Waals surface area contributed by atoms with Crippen molar-refractivity contribution in [3.05, 3.63) is 23.8 Å². The van der Waals surface area contributed by atoms with Gasteiger partial charge in [0.2, 0.25) is 0 Å². The molecule has 0 aliphatic rings. The van der Waals surface area contributed by atoms with E-state index in [-0.39, 0.29) is 4.75 Å². The molecule has 0 saturated carbocycles. The molecule has 0 fully saturated rings. The van der Waals surface area contributed by atoms with E-state index in [2.05, 4.69) is 25.4 Å². The van der Waals surface area contributed by atoms with E-state index in [0.29, 0.717) is 11.3 Å². The number of carbonyl (C=O) groups is 1.